The number of benzene rings is 1. The smallest absolute Gasteiger partial charge is 0.339 e. The summed E-state index contributed by atoms with van der Waals surface area (Å²) in [5, 5.41) is 0. The van der Waals surface area contributed by atoms with E-state index in [1.807, 2.05) is 35.2 Å². The normalized spacial score (nSPS) is 18.5. The van der Waals surface area contributed by atoms with Crippen molar-refractivity contribution in [2.75, 3.05) is 44.3 Å². The average molecular weight is 411 g/mol. The van der Waals surface area contributed by atoms with Gasteiger partial charge in [-0.1, -0.05) is 12.1 Å². The van der Waals surface area contributed by atoms with Crippen molar-refractivity contribution in [2.24, 2.45) is 0 Å². The number of nitrogens with zero attached hydrogens (tertiary/aromatic N) is 3. The topological polar surface area (TPSA) is 81.2 Å². The molecule has 8 heteroatoms. The number of anilines is 1. The highest BCUT2D eigenvalue weighted by Crippen LogP contribution is 2.31. The molecule has 158 valence electrons. The van der Waals surface area contributed by atoms with Gasteiger partial charge in [-0.3, -0.25) is 4.79 Å². The van der Waals surface area contributed by atoms with Crippen LogP contribution in [0.2, 0.25) is 0 Å². The third-order valence-corrected chi connectivity index (χ3v) is 5.17. The minimum atomic E-state index is -0.631. The van der Waals surface area contributed by atoms with Crippen molar-refractivity contribution >= 4 is 17.7 Å². The second kappa shape index (κ2) is 9.02. The average Bonchev–Trinajstić information content (AvgIpc) is 3.05. The van der Waals surface area contributed by atoms with Crippen LogP contribution in [0.3, 0.4) is 0 Å². The van der Waals surface area contributed by atoms with Gasteiger partial charge in [0.1, 0.15) is 12.4 Å². The lowest BCUT2D eigenvalue weighted by Crippen LogP contribution is -2.47. The fourth-order valence-corrected chi connectivity index (χ4v) is 3.62. The van der Waals surface area contributed by atoms with Gasteiger partial charge < -0.3 is 24.0 Å². The molecule has 0 unspecified atom stereocenters. The van der Waals surface area contributed by atoms with Crippen LogP contribution in [0.4, 0.5) is 5.82 Å². The summed E-state index contributed by atoms with van der Waals surface area (Å²) in [6.45, 7) is 4.97. The standard InChI is InChI=1S/C22H25N3O5/c1-2-28-22(27)16-8-9-20(23-14-16)24-10-5-11-25(13-12-24)21(26)19-15-29-17-6-3-4-7-18(17)30-19/h3-4,6-9,14,19H,2,5,10-13,15H2,1H3/t19-/m1/s1. The summed E-state index contributed by atoms with van der Waals surface area (Å²) in [4.78, 5) is 33.1. The van der Waals surface area contributed by atoms with Crippen molar-refractivity contribution in [3.8, 4) is 11.5 Å². The molecule has 4 rings (SSSR count). The Kier molecular flexibility index (Phi) is 6.02. The lowest BCUT2D eigenvalue weighted by atomic mass is 10.2. The van der Waals surface area contributed by atoms with E-state index in [1.54, 1.807) is 13.0 Å². The molecule has 2 aliphatic heterocycles. The van der Waals surface area contributed by atoms with E-state index in [0.717, 1.165) is 18.8 Å². The lowest BCUT2D eigenvalue weighted by Gasteiger charge is -2.30. The maximum atomic E-state index is 13.0. The molecule has 2 aliphatic rings. The molecule has 2 aromatic rings. The zero-order valence-corrected chi connectivity index (χ0v) is 17.0. The summed E-state index contributed by atoms with van der Waals surface area (Å²) < 4.78 is 16.6. The van der Waals surface area contributed by atoms with Gasteiger partial charge in [0.25, 0.3) is 5.91 Å². The van der Waals surface area contributed by atoms with Crippen molar-refractivity contribution < 1.29 is 23.8 Å². The van der Waals surface area contributed by atoms with Gasteiger partial charge in [-0.25, -0.2) is 9.78 Å². The van der Waals surface area contributed by atoms with E-state index < -0.39 is 6.10 Å². The van der Waals surface area contributed by atoms with E-state index in [9.17, 15) is 9.59 Å². The largest absolute Gasteiger partial charge is 0.485 e. The maximum Gasteiger partial charge on any atom is 0.339 e. The summed E-state index contributed by atoms with van der Waals surface area (Å²) in [5.74, 6) is 1.62. The Morgan fingerprint density at radius 2 is 1.93 bits per heavy atom. The van der Waals surface area contributed by atoms with Gasteiger partial charge in [-0.2, -0.15) is 0 Å². The minimum absolute atomic E-state index is 0.0584. The third kappa shape index (κ3) is 4.32. The van der Waals surface area contributed by atoms with Gasteiger partial charge >= 0.3 is 5.97 Å². The molecule has 8 nitrogen and oxygen atoms in total. The predicted octanol–water partition coefficient (Wildman–Crippen LogP) is 2.14. The van der Waals surface area contributed by atoms with Crippen molar-refractivity contribution in [3.05, 3.63) is 48.2 Å². The number of ether oxygens (including phenoxy) is 3. The van der Waals surface area contributed by atoms with Crippen molar-refractivity contribution in [3.63, 3.8) is 0 Å². The number of carbonyl (C=O) groups is 2. The molecule has 0 spiro atoms. The van der Waals surface area contributed by atoms with E-state index in [-0.39, 0.29) is 18.5 Å². The van der Waals surface area contributed by atoms with Crippen LogP contribution in [0.15, 0.2) is 42.6 Å². The molecule has 30 heavy (non-hydrogen) atoms. The summed E-state index contributed by atoms with van der Waals surface area (Å²) in [6, 6.07) is 10.9. The van der Waals surface area contributed by atoms with Crippen LogP contribution < -0.4 is 14.4 Å². The Morgan fingerprint density at radius 3 is 2.70 bits per heavy atom. The number of amides is 1. The van der Waals surface area contributed by atoms with Gasteiger partial charge in [0.05, 0.1) is 12.2 Å². The summed E-state index contributed by atoms with van der Waals surface area (Å²) in [7, 11) is 0. The zero-order chi connectivity index (χ0) is 20.9. The van der Waals surface area contributed by atoms with Gasteiger partial charge in [0, 0.05) is 32.4 Å². The molecule has 1 aromatic heterocycles. The Morgan fingerprint density at radius 1 is 1.10 bits per heavy atom. The summed E-state index contributed by atoms with van der Waals surface area (Å²) >= 11 is 0. The fourth-order valence-electron chi connectivity index (χ4n) is 3.62. The number of fused-ring (bicyclic) bond motifs is 1. The number of carbonyl (C=O) groups excluding carboxylic acids is 2. The van der Waals surface area contributed by atoms with Crippen LogP contribution in [-0.2, 0) is 9.53 Å². The Labute approximate surface area is 175 Å². The van der Waals surface area contributed by atoms with Crippen LogP contribution in [-0.4, -0.2) is 67.3 Å². The van der Waals surface area contributed by atoms with Crippen molar-refractivity contribution in [1.29, 1.82) is 0 Å². The zero-order valence-electron chi connectivity index (χ0n) is 17.0. The molecule has 3 heterocycles. The van der Waals surface area contributed by atoms with E-state index in [0.29, 0.717) is 43.3 Å². The first-order chi connectivity index (χ1) is 14.7. The molecular formula is C22H25N3O5. The highest BCUT2D eigenvalue weighted by atomic mass is 16.6. The Balaban J connectivity index is 1.36. The number of aromatic nitrogens is 1. The highest BCUT2D eigenvalue weighted by Gasteiger charge is 2.32. The van der Waals surface area contributed by atoms with Gasteiger partial charge in [0.2, 0.25) is 6.10 Å². The van der Waals surface area contributed by atoms with Crippen molar-refractivity contribution in [1.82, 2.24) is 9.88 Å². The van der Waals surface area contributed by atoms with Crippen LogP contribution in [0.5, 0.6) is 11.5 Å². The Hall–Kier alpha value is -3.29. The van der Waals surface area contributed by atoms with Crippen molar-refractivity contribution in [2.45, 2.75) is 19.4 Å². The number of hydrogen-bond acceptors (Lipinski definition) is 7. The van der Waals surface area contributed by atoms with Crippen LogP contribution >= 0.6 is 0 Å². The molecule has 0 saturated carbocycles. The van der Waals surface area contributed by atoms with Crippen LogP contribution in [0, 0.1) is 0 Å². The number of hydrogen-bond donors (Lipinski definition) is 0. The van der Waals surface area contributed by atoms with Crippen LogP contribution in [0.25, 0.3) is 0 Å². The highest BCUT2D eigenvalue weighted by molar-refractivity contribution is 5.89. The van der Waals surface area contributed by atoms with E-state index >= 15 is 0 Å². The second-order valence-corrected chi connectivity index (χ2v) is 7.16. The quantitative estimate of drug-likeness (QED) is 0.713. The molecule has 0 N–H and O–H groups in total. The number of rotatable bonds is 4. The Bertz CT molecular complexity index is 902. The molecule has 1 fully saturated rings. The monoisotopic (exact) mass is 411 g/mol. The fraction of sp³-hybridized carbons (Fsp3) is 0.409. The molecule has 1 amide bonds. The number of pyridine rings is 1. The number of esters is 1. The first-order valence-corrected chi connectivity index (χ1v) is 10.2. The summed E-state index contributed by atoms with van der Waals surface area (Å²) in [5.41, 5.74) is 0.432. The van der Waals surface area contributed by atoms with E-state index in [4.69, 9.17) is 14.2 Å². The van der Waals surface area contributed by atoms with E-state index in [2.05, 4.69) is 9.88 Å². The molecule has 1 saturated heterocycles. The first-order valence-electron chi connectivity index (χ1n) is 10.2. The summed E-state index contributed by atoms with van der Waals surface area (Å²) in [6.07, 6.45) is 1.72. The molecule has 0 bridgehead atoms. The first kappa shape index (κ1) is 20.0. The third-order valence-electron chi connectivity index (χ3n) is 5.17. The second-order valence-electron chi connectivity index (χ2n) is 7.16. The van der Waals surface area contributed by atoms with Gasteiger partial charge in [-0.15, -0.1) is 0 Å². The maximum absolute atomic E-state index is 13.0. The van der Waals surface area contributed by atoms with Crippen LogP contribution in [0.1, 0.15) is 23.7 Å². The molecule has 0 aliphatic carbocycles. The molecule has 0 radical (unpaired) electrons. The molecule has 1 aromatic carbocycles. The SMILES string of the molecule is CCOC(=O)c1ccc(N2CCCN(C(=O)[C@H]3COc4ccccc4O3)CC2)nc1. The van der Waals surface area contributed by atoms with E-state index in [1.165, 1.54) is 6.20 Å². The van der Waals surface area contributed by atoms with Gasteiger partial charge in [-0.05, 0) is 37.6 Å². The predicted molar refractivity (Wildman–Crippen MR) is 110 cm³/mol. The number of para-hydroxylation sites is 2. The molecular weight excluding hydrogens is 386 g/mol. The molecule has 1 atom stereocenters. The lowest BCUT2D eigenvalue weighted by molar-refractivity contribution is -0.141. The van der Waals surface area contributed by atoms with Gasteiger partial charge in [0.15, 0.2) is 11.5 Å². The minimum Gasteiger partial charge on any atom is -0.485 e.